The highest BCUT2D eigenvalue weighted by Crippen LogP contribution is 2.37. The summed E-state index contributed by atoms with van der Waals surface area (Å²) in [6, 6.07) is 5.70. The van der Waals surface area contributed by atoms with E-state index < -0.39 is 6.36 Å². The molecule has 0 spiro atoms. The molecule has 0 fully saturated rings. The number of ether oxygens (including phenoxy) is 1. The Hall–Kier alpha value is -2.06. The molecule has 2 heterocycles. The number of benzene rings is 1. The Balaban J connectivity index is 1.99. The van der Waals surface area contributed by atoms with Gasteiger partial charge in [-0.1, -0.05) is 24.3 Å². The number of nitrogens with two attached hydrogens (primary N) is 1. The van der Waals surface area contributed by atoms with Crippen molar-refractivity contribution in [1.29, 1.82) is 0 Å². The molecule has 0 radical (unpaired) electrons. The summed E-state index contributed by atoms with van der Waals surface area (Å²) in [5.41, 5.74) is 9.34. The molecular weight excluding hydrogens is 351 g/mol. The third-order valence-corrected chi connectivity index (χ3v) is 4.77. The van der Waals surface area contributed by atoms with Gasteiger partial charge in [0.1, 0.15) is 16.6 Å². The molecule has 2 N–H and O–H groups in total. The Bertz CT molecular complexity index is 804. The van der Waals surface area contributed by atoms with E-state index in [4.69, 9.17) is 5.73 Å². The number of allylic oxidation sites excluding steroid dienone is 1. The predicted molar refractivity (Wildman–Crippen MR) is 90.0 cm³/mol. The minimum absolute atomic E-state index is 0.195. The highest BCUT2D eigenvalue weighted by molar-refractivity contribution is 8.02. The maximum Gasteiger partial charge on any atom is 0.573 e. The van der Waals surface area contributed by atoms with Gasteiger partial charge in [0.05, 0.1) is 12.2 Å². The third kappa shape index (κ3) is 4.13. The zero-order valence-corrected chi connectivity index (χ0v) is 14.2. The molecule has 0 unspecified atom stereocenters. The fourth-order valence-corrected chi connectivity index (χ4v) is 3.52. The van der Waals surface area contributed by atoms with Gasteiger partial charge in [0.15, 0.2) is 0 Å². The Labute approximate surface area is 147 Å². The van der Waals surface area contributed by atoms with Gasteiger partial charge in [-0.2, -0.15) is 0 Å². The smallest absolute Gasteiger partial charge is 0.406 e. The second-order valence-corrected chi connectivity index (χ2v) is 6.33. The zero-order chi connectivity index (χ0) is 18.0. The van der Waals surface area contributed by atoms with Crippen molar-refractivity contribution in [3.05, 3.63) is 46.6 Å². The van der Waals surface area contributed by atoms with E-state index in [1.165, 1.54) is 29.5 Å². The van der Waals surface area contributed by atoms with E-state index in [0.29, 0.717) is 17.1 Å². The van der Waals surface area contributed by atoms with Crippen LogP contribution in [0.4, 0.5) is 13.2 Å². The molecule has 1 aromatic carbocycles. The fourth-order valence-electron chi connectivity index (χ4n) is 2.53. The molecule has 3 rings (SSSR count). The van der Waals surface area contributed by atoms with Gasteiger partial charge in [0.2, 0.25) is 0 Å². The zero-order valence-electron chi connectivity index (χ0n) is 13.4. The number of rotatable bonds is 4. The number of nitrogens with zero attached hydrogens (tertiary/aromatic N) is 2. The van der Waals surface area contributed by atoms with Crippen molar-refractivity contribution in [1.82, 2.24) is 9.97 Å². The minimum Gasteiger partial charge on any atom is -0.406 e. The van der Waals surface area contributed by atoms with E-state index in [9.17, 15) is 13.2 Å². The predicted octanol–water partition coefficient (Wildman–Crippen LogP) is 4.44. The first-order chi connectivity index (χ1) is 11.9. The molecule has 0 saturated heterocycles. The molecule has 2 aromatic rings. The molecule has 25 heavy (non-hydrogen) atoms. The molecule has 0 amide bonds. The first-order valence-corrected chi connectivity index (χ1v) is 8.58. The summed E-state index contributed by atoms with van der Waals surface area (Å²) in [6.45, 7) is 2.27. The summed E-state index contributed by atoms with van der Waals surface area (Å²) in [4.78, 5) is 8.97. The Kier molecular flexibility index (Phi) is 5.01. The van der Waals surface area contributed by atoms with Gasteiger partial charge >= 0.3 is 6.36 Å². The lowest BCUT2D eigenvalue weighted by atomic mass is 10.00. The van der Waals surface area contributed by atoms with E-state index in [-0.39, 0.29) is 12.3 Å². The largest absolute Gasteiger partial charge is 0.573 e. The van der Waals surface area contributed by atoms with Crippen LogP contribution in [0.25, 0.3) is 11.3 Å². The van der Waals surface area contributed by atoms with Crippen LogP contribution in [0.15, 0.2) is 40.3 Å². The molecule has 4 nitrogen and oxygen atoms in total. The van der Waals surface area contributed by atoms with Crippen LogP contribution in [0.5, 0.6) is 5.75 Å². The van der Waals surface area contributed by atoms with Crippen LogP contribution >= 0.6 is 11.8 Å². The molecular formula is C17H16F3N3OS. The average Bonchev–Trinajstić information content (AvgIpc) is 2.59. The van der Waals surface area contributed by atoms with Crippen LogP contribution in [0.3, 0.4) is 0 Å². The van der Waals surface area contributed by atoms with Crippen LogP contribution in [0.2, 0.25) is 0 Å². The van der Waals surface area contributed by atoms with Gasteiger partial charge in [0.25, 0.3) is 0 Å². The SMILES string of the molecule is CCC1=CSc2nc(CN)nc(-c3ccc(OC(F)(F)F)cc3)c2C1. The van der Waals surface area contributed by atoms with Crippen LogP contribution < -0.4 is 10.5 Å². The summed E-state index contributed by atoms with van der Waals surface area (Å²) < 4.78 is 40.8. The lowest BCUT2D eigenvalue weighted by Gasteiger charge is -2.19. The maximum absolute atomic E-state index is 12.3. The number of thioether (sulfide) groups is 1. The van der Waals surface area contributed by atoms with Gasteiger partial charge in [-0.25, -0.2) is 9.97 Å². The van der Waals surface area contributed by atoms with Crippen molar-refractivity contribution < 1.29 is 17.9 Å². The highest BCUT2D eigenvalue weighted by Gasteiger charge is 2.31. The van der Waals surface area contributed by atoms with Crippen molar-refractivity contribution in [2.24, 2.45) is 5.73 Å². The normalized spacial score (nSPS) is 14.0. The van der Waals surface area contributed by atoms with Gasteiger partial charge in [-0.05, 0) is 42.5 Å². The Morgan fingerprint density at radius 1 is 1.20 bits per heavy atom. The summed E-state index contributed by atoms with van der Waals surface area (Å²) in [5, 5.41) is 2.93. The number of halogens is 3. The van der Waals surface area contributed by atoms with Gasteiger partial charge in [-0.15, -0.1) is 13.2 Å². The fraction of sp³-hybridized carbons (Fsp3) is 0.294. The second-order valence-electron chi connectivity index (χ2n) is 5.47. The number of aromatic nitrogens is 2. The minimum atomic E-state index is -4.71. The monoisotopic (exact) mass is 367 g/mol. The van der Waals surface area contributed by atoms with Crippen molar-refractivity contribution in [3.63, 3.8) is 0 Å². The molecule has 0 saturated carbocycles. The van der Waals surface area contributed by atoms with E-state index in [1.54, 1.807) is 12.1 Å². The van der Waals surface area contributed by atoms with E-state index >= 15 is 0 Å². The van der Waals surface area contributed by atoms with Gasteiger partial charge in [0, 0.05) is 11.1 Å². The summed E-state index contributed by atoms with van der Waals surface area (Å²) in [7, 11) is 0. The lowest BCUT2D eigenvalue weighted by Crippen LogP contribution is -2.17. The quantitative estimate of drug-likeness (QED) is 0.810. The highest BCUT2D eigenvalue weighted by atomic mass is 32.2. The van der Waals surface area contributed by atoms with Gasteiger partial charge in [-0.3, -0.25) is 0 Å². The topological polar surface area (TPSA) is 61.0 Å². The molecule has 0 bridgehead atoms. The number of alkyl halides is 3. The van der Waals surface area contributed by atoms with E-state index in [0.717, 1.165) is 23.4 Å². The summed E-state index contributed by atoms with van der Waals surface area (Å²) in [5.74, 6) is 0.243. The van der Waals surface area contributed by atoms with Crippen molar-refractivity contribution in [2.45, 2.75) is 37.7 Å². The Morgan fingerprint density at radius 2 is 1.92 bits per heavy atom. The molecule has 1 aliphatic heterocycles. The molecule has 0 aliphatic carbocycles. The molecule has 132 valence electrons. The standard InChI is InChI=1S/C17H16F3N3OS/c1-2-10-7-13-15(22-14(8-21)23-16(13)25-9-10)11-3-5-12(6-4-11)24-17(18,19)20/h3-6,9H,2,7-8,21H2,1H3. The first-order valence-electron chi connectivity index (χ1n) is 7.70. The maximum atomic E-state index is 12.3. The Morgan fingerprint density at radius 3 is 2.52 bits per heavy atom. The molecule has 1 aliphatic rings. The van der Waals surface area contributed by atoms with Crippen LogP contribution in [-0.2, 0) is 13.0 Å². The first kappa shape index (κ1) is 17.8. The van der Waals surface area contributed by atoms with Gasteiger partial charge < -0.3 is 10.5 Å². The number of fused-ring (bicyclic) bond motifs is 1. The van der Waals surface area contributed by atoms with Crippen LogP contribution in [-0.4, -0.2) is 16.3 Å². The van der Waals surface area contributed by atoms with Crippen LogP contribution in [0.1, 0.15) is 24.7 Å². The number of hydrogen-bond donors (Lipinski definition) is 1. The molecule has 1 aromatic heterocycles. The lowest BCUT2D eigenvalue weighted by molar-refractivity contribution is -0.274. The molecule has 8 heteroatoms. The number of hydrogen-bond acceptors (Lipinski definition) is 5. The summed E-state index contributed by atoms with van der Waals surface area (Å²) >= 11 is 1.53. The third-order valence-electron chi connectivity index (χ3n) is 3.75. The van der Waals surface area contributed by atoms with Crippen molar-refractivity contribution >= 4 is 11.8 Å². The second kappa shape index (κ2) is 7.05. The van der Waals surface area contributed by atoms with Crippen molar-refractivity contribution in [3.8, 4) is 17.0 Å². The van der Waals surface area contributed by atoms with Crippen LogP contribution in [0, 0.1) is 0 Å². The van der Waals surface area contributed by atoms with Crippen molar-refractivity contribution in [2.75, 3.05) is 0 Å². The summed E-state index contributed by atoms with van der Waals surface area (Å²) in [6.07, 6.45) is -3.07. The van der Waals surface area contributed by atoms with E-state index in [1.807, 2.05) is 0 Å². The average molecular weight is 367 g/mol. The molecule has 0 atom stereocenters. The van der Waals surface area contributed by atoms with E-state index in [2.05, 4.69) is 27.0 Å².